The highest BCUT2D eigenvalue weighted by Gasteiger charge is 2.06. The van der Waals surface area contributed by atoms with Crippen LogP contribution in [0.15, 0.2) is 5.51 Å². The first kappa shape index (κ1) is 13.0. The largest absolute Gasteiger partial charge is 0.463 e. The molecule has 8 heteroatoms. The lowest BCUT2D eigenvalue weighted by Gasteiger charge is -2.05. The van der Waals surface area contributed by atoms with Crippen molar-refractivity contribution < 1.29 is 4.74 Å². The van der Waals surface area contributed by atoms with E-state index in [-0.39, 0.29) is 11.3 Å². The van der Waals surface area contributed by atoms with Crippen LogP contribution in [0.3, 0.4) is 0 Å². The fraction of sp³-hybridized carbons (Fsp3) is 0.400. The number of nitrogens with one attached hydrogen (secondary N) is 1. The third kappa shape index (κ3) is 3.27. The van der Waals surface area contributed by atoms with Gasteiger partial charge >= 0.3 is 6.01 Å². The van der Waals surface area contributed by atoms with Gasteiger partial charge in [0.2, 0.25) is 11.2 Å². The highest BCUT2D eigenvalue weighted by atomic mass is 35.5. The average molecular weight is 286 g/mol. The maximum Gasteiger partial charge on any atom is 0.322 e. The summed E-state index contributed by atoms with van der Waals surface area (Å²) in [5, 5.41) is 2.90. The molecule has 0 radical (unpaired) electrons. The van der Waals surface area contributed by atoms with E-state index in [1.54, 1.807) is 18.4 Å². The van der Waals surface area contributed by atoms with Crippen LogP contribution in [0.2, 0.25) is 5.28 Å². The number of aryl methyl sites for hydroxylation is 1. The van der Waals surface area contributed by atoms with Crippen LogP contribution >= 0.6 is 22.9 Å². The monoisotopic (exact) mass is 285 g/mol. The Hall–Kier alpha value is -1.47. The first-order valence-electron chi connectivity index (χ1n) is 5.30. The van der Waals surface area contributed by atoms with Gasteiger partial charge < -0.3 is 10.1 Å². The molecule has 0 spiro atoms. The molecule has 0 bridgehead atoms. The van der Waals surface area contributed by atoms with Crippen LogP contribution in [-0.4, -0.2) is 33.6 Å². The number of ether oxygens (including phenoxy) is 1. The molecule has 0 saturated carbocycles. The summed E-state index contributed by atoms with van der Waals surface area (Å²) < 4.78 is 5.45. The molecule has 2 aromatic heterocycles. The molecule has 0 fully saturated rings. The summed E-state index contributed by atoms with van der Waals surface area (Å²) in [5.41, 5.74) is 2.86. The molecule has 6 nitrogen and oxygen atoms in total. The lowest BCUT2D eigenvalue weighted by atomic mass is 10.3. The van der Waals surface area contributed by atoms with Crippen LogP contribution in [-0.2, 0) is 6.42 Å². The van der Waals surface area contributed by atoms with E-state index in [9.17, 15) is 0 Å². The summed E-state index contributed by atoms with van der Waals surface area (Å²) in [6, 6.07) is 0.224. The van der Waals surface area contributed by atoms with Gasteiger partial charge in [-0.3, -0.25) is 0 Å². The van der Waals surface area contributed by atoms with Crippen LogP contribution in [0.5, 0.6) is 6.01 Å². The van der Waals surface area contributed by atoms with Crippen LogP contribution in [0, 0.1) is 6.92 Å². The summed E-state index contributed by atoms with van der Waals surface area (Å²) in [7, 11) is 1.70. The number of thiazole rings is 1. The molecule has 2 aromatic rings. The molecule has 2 heterocycles. The smallest absolute Gasteiger partial charge is 0.322 e. The Kier molecular flexibility index (Phi) is 4.27. The highest BCUT2D eigenvalue weighted by Crippen LogP contribution is 2.14. The topological polar surface area (TPSA) is 72.8 Å². The molecule has 0 atom stereocenters. The molecule has 0 aliphatic carbocycles. The van der Waals surface area contributed by atoms with Crippen LogP contribution in [0.4, 0.5) is 5.95 Å². The van der Waals surface area contributed by atoms with Crippen LogP contribution in [0.25, 0.3) is 0 Å². The van der Waals surface area contributed by atoms with Crippen molar-refractivity contribution in [2.45, 2.75) is 13.3 Å². The van der Waals surface area contributed by atoms with Crippen molar-refractivity contribution in [3.8, 4) is 6.01 Å². The van der Waals surface area contributed by atoms with E-state index in [1.807, 2.05) is 12.4 Å². The van der Waals surface area contributed by atoms with Crippen LogP contribution in [0.1, 0.15) is 10.6 Å². The van der Waals surface area contributed by atoms with Crippen molar-refractivity contribution in [2.75, 3.05) is 19.0 Å². The summed E-state index contributed by atoms with van der Waals surface area (Å²) in [4.78, 5) is 17.2. The molecule has 0 amide bonds. The lowest BCUT2D eigenvalue weighted by Crippen LogP contribution is -2.07. The van der Waals surface area contributed by atoms with Gasteiger partial charge in [0, 0.05) is 18.3 Å². The maximum atomic E-state index is 5.74. The number of anilines is 1. The van der Waals surface area contributed by atoms with Gasteiger partial charge in [-0.05, 0) is 18.5 Å². The van der Waals surface area contributed by atoms with Crippen molar-refractivity contribution in [3.63, 3.8) is 0 Å². The Morgan fingerprint density at radius 2 is 2.22 bits per heavy atom. The summed E-state index contributed by atoms with van der Waals surface area (Å²) in [5.74, 6) is 0.388. The second-order valence-electron chi connectivity index (χ2n) is 3.42. The van der Waals surface area contributed by atoms with E-state index in [1.165, 1.54) is 4.88 Å². The Morgan fingerprint density at radius 3 is 2.89 bits per heavy atom. The molecular formula is C10H12ClN5OS. The van der Waals surface area contributed by atoms with E-state index in [4.69, 9.17) is 16.3 Å². The predicted octanol–water partition coefficient (Wildman–Crippen LogP) is 1.95. The van der Waals surface area contributed by atoms with Crippen molar-refractivity contribution in [1.82, 2.24) is 19.9 Å². The average Bonchev–Trinajstić information content (AvgIpc) is 2.74. The highest BCUT2D eigenvalue weighted by molar-refractivity contribution is 7.09. The number of hydrogen-bond donors (Lipinski definition) is 1. The molecule has 18 heavy (non-hydrogen) atoms. The minimum Gasteiger partial charge on any atom is -0.463 e. The van der Waals surface area contributed by atoms with E-state index in [2.05, 4.69) is 25.3 Å². The number of hydrogen-bond acceptors (Lipinski definition) is 7. The quantitative estimate of drug-likeness (QED) is 0.905. The van der Waals surface area contributed by atoms with Crippen molar-refractivity contribution in [3.05, 3.63) is 21.4 Å². The molecule has 96 valence electrons. The van der Waals surface area contributed by atoms with Crippen LogP contribution < -0.4 is 10.1 Å². The zero-order valence-electron chi connectivity index (χ0n) is 9.97. The Labute approximate surface area is 113 Å². The third-order valence-electron chi connectivity index (χ3n) is 2.22. The van der Waals surface area contributed by atoms with E-state index < -0.39 is 0 Å². The number of halogens is 1. The minimum absolute atomic E-state index is 0.110. The summed E-state index contributed by atoms with van der Waals surface area (Å²) in [6.07, 6.45) is 0.773. The normalized spacial score (nSPS) is 10.4. The fourth-order valence-electron chi connectivity index (χ4n) is 1.31. The fourth-order valence-corrected chi connectivity index (χ4v) is 2.22. The van der Waals surface area contributed by atoms with Crippen molar-refractivity contribution in [2.24, 2.45) is 0 Å². The zero-order chi connectivity index (χ0) is 13.0. The standard InChI is InChI=1S/C10H12ClN5OS/c1-6-7(18-5-13-6)3-4-17-10-15-8(11)14-9(12-2)16-10/h5H,3-4H2,1-2H3,(H,12,14,15,16). The summed E-state index contributed by atoms with van der Waals surface area (Å²) in [6.45, 7) is 2.46. The minimum atomic E-state index is 0.110. The second kappa shape index (κ2) is 5.92. The molecule has 0 aromatic carbocycles. The van der Waals surface area contributed by atoms with Gasteiger partial charge in [-0.15, -0.1) is 11.3 Å². The lowest BCUT2D eigenvalue weighted by molar-refractivity contribution is 0.296. The molecule has 2 rings (SSSR count). The van der Waals surface area contributed by atoms with E-state index in [0.717, 1.165) is 12.1 Å². The van der Waals surface area contributed by atoms with Gasteiger partial charge in [0.25, 0.3) is 0 Å². The number of rotatable bonds is 5. The first-order chi connectivity index (χ1) is 8.69. The third-order valence-corrected chi connectivity index (χ3v) is 3.38. The summed E-state index contributed by atoms with van der Waals surface area (Å²) >= 11 is 7.36. The SMILES string of the molecule is CNc1nc(Cl)nc(OCCc2scnc2C)n1. The van der Waals surface area contributed by atoms with E-state index >= 15 is 0 Å². The van der Waals surface area contributed by atoms with Gasteiger partial charge in [-0.25, -0.2) is 4.98 Å². The Morgan fingerprint density at radius 1 is 1.39 bits per heavy atom. The van der Waals surface area contributed by atoms with Gasteiger partial charge in [0.05, 0.1) is 17.8 Å². The van der Waals surface area contributed by atoms with Gasteiger partial charge in [-0.1, -0.05) is 0 Å². The van der Waals surface area contributed by atoms with Crippen molar-refractivity contribution in [1.29, 1.82) is 0 Å². The first-order valence-corrected chi connectivity index (χ1v) is 6.56. The predicted molar refractivity (Wildman–Crippen MR) is 70.4 cm³/mol. The van der Waals surface area contributed by atoms with Crippen molar-refractivity contribution >= 4 is 28.9 Å². The molecule has 0 aliphatic rings. The Balaban J connectivity index is 1.94. The van der Waals surface area contributed by atoms with Gasteiger partial charge in [0.15, 0.2) is 0 Å². The van der Waals surface area contributed by atoms with Gasteiger partial charge in [-0.2, -0.15) is 15.0 Å². The zero-order valence-corrected chi connectivity index (χ0v) is 11.5. The number of nitrogens with zero attached hydrogens (tertiary/aromatic N) is 4. The molecule has 0 aliphatic heterocycles. The van der Waals surface area contributed by atoms with E-state index in [0.29, 0.717) is 12.6 Å². The molecule has 0 unspecified atom stereocenters. The molecular weight excluding hydrogens is 274 g/mol. The Bertz CT molecular complexity index is 533. The second-order valence-corrected chi connectivity index (χ2v) is 4.70. The maximum absolute atomic E-state index is 5.74. The molecule has 1 N–H and O–H groups in total. The van der Waals surface area contributed by atoms with Gasteiger partial charge in [0.1, 0.15) is 0 Å². The molecule has 0 saturated heterocycles. The number of aromatic nitrogens is 4.